The third-order valence-corrected chi connectivity index (χ3v) is 3.53. The lowest BCUT2D eigenvalue weighted by molar-refractivity contribution is -0.0985. The molecule has 92 valence electrons. The van der Waals surface area contributed by atoms with Crippen molar-refractivity contribution < 1.29 is 9.47 Å². The van der Waals surface area contributed by atoms with E-state index in [1.165, 1.54) is 6.42 Å². The summed E-state index contributed by atoms with van der Waals surface area (Å²) in [7, 11) is 1.68. The van der Waals surface area contributed by atoms with Crippen molar-refractivity contribution in [1.82, 2.24) is 9.97 Å². The molecule has 3 heterocycles. The fourth-order valence-corrected chi connectivity index (χ4v) is 2.50. The van der Waals surface area contributed by atoms with Gasteiger partial charge in [-0.2, -0.15) is 0 Å². The molecule has 0 atom stereocenters. The number of rotatable bonds is 3. The highest BCUT2D eigenvalue weighted by atomic mass is 16.5. The number of ether oxygens (including phenoxy) is 2. The van der Waals surface area contributed by atoms with E-state index in [-0.39, 0.29) is 0 Å². The molecule has 1 spiro atoms. The topological polar surface area (TPSA) is 47.5 Å². The van der Waals surface area contributed by atoms with Gasteiger partial charge in [0.15, 0.2) is 0 Å². The fraction of sp³-hybridized carbons (Fsp3) is 0.667. The first-order valence-corrected chi connectivity index (χ1v) is 5.95. The number of aromatic nitrogens is 2. The molecule has 2 fully saturated rings. The molecule has 0 bridgehead atoms. The highest BCUT2D eigenvalue weighted by Gasteiger charge is 2.45. The Bertz CT molecular complexity index is 406. The van der Waals surface area contributed by atoms with Crippen molar-refractivity contribution in [2.75, 3.05) is 38.3 Å². The van der Waals surface area contributed by atoms with E-state index in [2.05, 4.69) is 14.9 Å². The summed E-state index contributed by atoms with van der Waals surface area (Å²) in [6, 6.07) is 1.89. The molecule has 0 aliphatic carbocycles. The Hall–Kier alpha value is -1.20. The van der Waals surface area contributed by atoms with E-state index in [1.807, 2.05) is 6.07 Å². The first-order chi connectivity index (χ1) is 8.31. The molecule has 17 heavy (non-hydrogen) atoms. The average molecular weight is 235 g/mol. The Balaban J connectivity index is 1.73. The molecule has 0 N–H and O–H groups in total. The third kappa shape index (κ3) is 2.00. The second-order valence-corrected chi connectivity index (χ2v) is 4.95. The predicted molar refractivity (Wildman–Crippen MR) is 62.8 cm³/mol. The van der Waals surface area contributed by atoms with Crippen LogP contribution in [0.4, 0.5) is 5.95 Å². The van der Waals surface area contributed by atoms with Gasteiger partial charge in [0.05, 0.1) is 25.5 Å². The summed E-state index contributed by atoms with van der Waals surface area (Å²) in [6.45, 7) is 4.36. The lowest BCUT2D eigenvalue weighted by Crippen LogP contribution is -2.44. The van der Waals surface area contributed by atoms with Crippen LogP contribution in [0.25, 0.3) is 0 Å². The van der Waals surface area contributed by atoms with E-state index in [0.717, 1.165) is 37.9 Å². The highest BCUT2D eigenvalue weighted by Crippen LogP contribution is 2.38. The predicted octanol–water partition coefficient (Wildman–Crippen LogP) is 0.850. The molecule has 2 aliphatic rings. The van der Waals surface area contributed by atoms with Gasteiger partial charge in [-0.1, -0.05) is 0 Å². The van der Waals surface area contributed by atoms with Crippen LogP contribution in [0.1, 0.15) is 12.1 Å². The Kier molecular flexibility index (Phi) is 2.72. The molecule has 0 amide bonds. The van der Waals surface area contributed by atoms with Crippen molar-refractivity contribution in [2.45, 2.75) is 13.0 Å². The van der Waals surface area contributed by atoms with Gasteiger partial charge in [-0.3, -0.25) is 0 Å². The first-order valence-electron chi connectivity index (χ1n) is 5.95. The Labute approximate surface area is 101 Å². The molecule has 0 saturated carbocycles. The zero-order valence-corrected chi connectivity index (χ0v) is 10.1. The first kappa shape index (κ1) is 10.9. The summed E-state index contributed by atoms with van der Waals surface area (Å²) in [5, 5.41) is 0. The molecule has 1 aromatic heterocycles. The normalized spacial score (nSPS) is 21.8. The molecule has 0 radical (unpaired) electrons. The van der Waals surface area contributed by atoms with Crippen LogP contribution < -0.4 is 4.90 Å². The van der Waals surface area contributed by atoms with Crippen molar-refractivity contribution in [1.29, 1.82) is 0 Å². The van der Waals surface area contributed by atoms with Crippen molar-refractivity contribution in [3.05, 3.63) is 18.0 Å². The van der Waals surface area contributed by atoms with Gasteiger partial charge in [0.2, 0.25) is 5.95 Å². The van der Waals surface area contributed by atoms with E-state index in [4.69, 9.17) is 9.47 Å². The highest BCUT2D eigenvalue weighted by molar-refractivity contribution is 5.33. The molecule has 0 aromatic carbocycles. The van der Waals surface area contributed by atoms with Crippen LogP contribution in [-0.4, -0.2) is 43.4 Å². The number of nitrogens with zero attached hydrogens (tertiary/aromatic N) is 3. The van der Waals surface area contributed by atoms with Crippen molar-refractivity contribution in [2.24, 2.45) is 5.41 Å². The maximum atomic E-state index is 5.32. The minimum Gasteiger partial charge on any atom is -0.380 e. The van der Waals surface area contributed by atoms with E-state index >= 15 is 0 Å². The van der Waals surface area contributed by atoms with Gasteiger partial charge in [-0.15, -0.1) is 0 Å². The summed E-state index contributed by atoms with van der Waals surface area (Å²) in [4.78, 5) is 11.1. The number of anilines is 1. The molecule has 2 saturated heterocycles. The van der Waals surface area contributed by atoms with Gasteiger partial charge < -0.3 is 14.4 Å². The zero-order valence-electron chi connectivity index (χ0n) is 10.1. The van der Waals surface area contributed by atoms with Crippen molar-refractivity contribution in [3.8, 4) is 0 Å². The summed E-state index contributed by atoms with van der Waals surface area (Å²) >= 11 is 0. The molecule has 5 heteroatoms. The van der Waals surface area contributed by atoms with Gasteiger partial charge in [0.25, 0.3) is 0 Å². The summed E-state index contributed by atoms with van der Waals surface area (Å²) in [6.07, 6.45) is 2.99. The fourth-order valence-electron chi connectivity index (χ4n) is 2.50. The quantitative estimate of drug-likeness (QED) is 0.777. The summed E-state index contributed by atoms with van der Waals surface area (Å²) < 4.78 is 10.4. The average Bonchev–Trinajstić information content (AvgIpc) is 2.75. The molecular formula is C12H17N3O2. The van der Waals surface area contributed by atoms with E-state index in [9.17, 15) is 0 Å². The van der Waals surface area contributed by atoms with Gasteiger partial charge in [-0.05, 0) is 12.5 Å². The summed E-state index contributed by atoms with van der Waals surface area (Å²) in [5.41, 5.74) is 1.31. The molecule has 1 aromatic rings. The second-order valence-electron chi connectivity index (χ2n) is 4.95. The van der Waals surface area contributed by atoms with E-state index < -0.39 is 0 Å². The summed E-state index contributed by atoms with van der Waals surface area (Å²) in [5.74, 6) is 0.823. The zero-order chi connectivity index (χ0) is 11.7. The lowest BCUT2D eigenvalue weighted by Gasteiger charge is -2.37. The maximum absolute atomic E-state index is 5.32. The molecule has 5 nitrogen and oxygen atoms in total. The van der Waals surface area contributed by atoms with Gasteiger partial charge in [0.1, 0.15) is 0 Å². The number of methoxy groups -OCH3 is 1. The van der Waals surface area contributed by atoms with Gasteiger partial charge in [0, 0.05) is 31.8 Å². The molecule has 0 unspecified atom stereocenters. The molecule has 3 rings (SSSR count). The molecule has 2 aliphatic heterocycles. The monoisotopic (exact) mass is 235 g/mol. The second kappa shape index (κ2) is 4.23. The minimum atomic E-state index is 0.376. The number of hydrogen-bond donors (Lipinski definition) is 0. The van der Waals surface area contributed by atoms with Crippen LogP contribution in [-0.2, 0) is 16.1 Å². The Morgan fingerprint density at radius 1 is 1.53 bits per heavy atom. The van der Waals surface area contributed by atoms with Crippen LogP contribution in [0.5, 0.6) is 0 Å². The van der Waals surface area contributed by atoms with Crippen molar-refractivity contribution >= 4 is 5.95 Å². The molecular weight excluding hydrogens is 218 g/mol. The van der Waals surface area contributed by atoms with Crippen LogP contribution in [0.15, 0.2) is 12.3 Å². The lowest BCUT2D eigenvalue weighted by atomic mass is 9.85. The third-order valence-electron chi connectivity index (χ3n) is 3.53. The van der Waals surface area contributed by atoms with Crippen LogP contribution in [0.3, 0.4) is 0 Å². The van der Waals surface area contributed by atoms with Gasteiger partial charge >= 0.3 is 0 Å². The van der Waals surface area contributed by atoms with Crippen molar-refractivity contribution in [3.63, 3.8) is 0 Å². The van der Waals surface area contributed by atoms with E-state index in [1.54, 1.807) is 13.3 Å². The van der Waals surface area contributed by atoms with Crippen LogP contribution >= 0.6 is 0 Å². The van der Waals surface area contributed by atoms with Crippen LogP contribution in [0, 0.1) is 5.41 Å². The largest absolute Gasteiger partial charge is 0.380 e. The SMILES string of the molecule is COCc1ccnc(N2CCC3(COC3)C2)n1. The Morgan fingerprint density at radius 3 is 3.06 bits per heavy atom. The minimum absolute atomic E-state index is 0.376. The Morgan fingerprint density at radius 2 is 2.41 bits per heavy atom. The van der Waals surface area contributed by atoms with Gasteiger partial charge in [-0.25, -0.2) is 9.97 Å². The number of hydrogen-bond acceptors (Lipinski definition) is 5. The maximum Gasteiger partial charge on any atom is 0.225 e. The smallest absolute Gasteiger partial charge is 0.225 e. The standard InChI is InChI=1S/C12H17N3O2/c1-16-6-10-2-4-13-11(14-10)15-5-3-12(7-15)8-17-9-12/h2,4H,3,5-9H2,1H3. The van der Waals surface area contributed by atoms with E-state index in [0.29, 0.717) is 12.0 Å². The van der Waals surface area contributed by atoms with Crippen LogP contribution in [0.2, 0.25) is 0 Å².